The Bertz CT molecular complexity index is 710. The van der Waals surface area contributed by atoms with Crippen molar-refractivity contribution in [1.29, 1.82) is 0 Å². The lowest BCUT2D eigenvalue weighted by molar-refractivity contribution is -0.131. The summed E-state index contributed by atoms with van der Waals surface area (Å²) in [5.41, 5.74) is 2.24. The van der Waals surface area contributed by atoms with E-state index < -0.39 is 22.0 Å². The lowest BCUT2D eigenvalue weighted by atomic mass is 10.1. The monoisotopic (exact) mass is 353 g/mol. The quantitative estimate of drug-likeness (QED) is 0.839. The van der Waals surface area contributed by atoms with E-state index in [4.69, 9.17) is 9.47 Å². The standard InChI is InChI=1S/C17H23NO5S/c1-12(23-11-15-6-3-9-22-15)17(19)18-24(20,21)16-8-7-13-4-2-5-14(13)10-16/h7-8,10,12,15H,2-6,9,11H2,1H3,(H,18,19)/t12-,15+/m0/s1. The molecule has 1 fully saturated rings. The summed E-state index contributed by atoms with van der Waals surface area (Å²) >= 11 is 0. The van der Waals surface area contributed by atoms with Gasteiger partial charge in [-0.05, 0) is 62.3 Å². The first kappa shape index (κ1) is 17.4. The van der Waals surface area contributed by atoms with E-state index in [-0.39, 0.29) is 11.0 Å². The Morgan fingerprint density at radius 1 is 1.33 bits per heavy atom. The van der Waals surface area contributed by atoms with E-state index in [1.807, 2.05) is 6.07 Å². The maximum Gasteiger partial charge on any atom is 0.264 e. The predicted octanol–water partition coefficient (Wildman–Crippen LogP) is 1.56. The van der Waals surface area contributed by atoms with Gasteiger partial charge in [-0.2, -0.15) is 0 Å². The summed E-state index contributed by atoms with van der Waals surface area (Å²) in [6.07, 6.45) is 3.94. The number of aryl methyl sites for hydroxylation is 2. The molecule has 1 aliphatic carbocycles. The fourth-order valence-electron chi connectivity index (χ4n) is 3.09. The molecule has 132 valence electrons. The van der Waals surface area contributed by atoms with Crippen LogP contribution in [0.5, 0.6) is 0 Å². The first-order chi connectivity index (χ1) is 11.5. The Kier molecular flexibility index (Phi) is 5.22. The first-order valence-electron chi connectivity index (χ1n) is 8.37. The summed E-state index contributed by atoms with van der Waals surface area (Å²) in [4.78, 5) is 12.2. The third-order valence-corrected chi connectivity index (χ3v) is 5.89. The molecule has 0 spiro atoms. The molecule has 0 radical (unpaired) electrons. The summed E-state index contributed by atoms with van der Waals surface area (Å²) in [6.45, 7) is 2.55. The average Bonchev–Trinajstić information content (AvgIpc) is 3.22. The zero-order valence-electron chi connectivity index (χ0n) is 13.8. The van der Waals surface area contributed by atoms with E-state index in [9.17, 15) is 13.2 Å². The van der Waals surface area contributed by atoms with Crippen molar-refractivity contribution in [3.05, 3.63) is 29.3 Å². The minimum atomic E-state index is -3.87. The molecule has 1 N–H and O–H groups in total. The van der Waals surface area contributed by atoms with Crippen molar-refractivity contribution in [3.8, 4) is 0 Å². The van der Waals surface area contributed by atoms with Gasteiger partial charge in [-0.3, -0.25) is 4.79 Å². The Morgan fingerprint density at radius 3 is 2.88 bits per heavy atom. The van der Waals surface area contributed by atoms with Crippen molar-refractivity contribution in [2.45, 2.75) is 56.1 Å². The minimum absolute atomic E-state index is 0.00596. The Hall–Kier alpha value is -1.44. The zero-order chi connectivity index (χ0) is 17.2. The SMILES string of the molecule is C[C@H](OC[C@H]1CCCO1)C(=O)NS(=O)(=O)c1ccc2c(c1)CCC2. The van der Waals surface area contributed by atoms with Crippen LogP contribution in [-0.4, -0.2) is 39.7 Å². The van der Waals surface area contributed by atoms with Crippen LogP contribution in [0.25, 0.3) is 0 Å². The van der Waals surface area contributed by atoms with Gasteiger partial charge in [0.15, 0.2) is 0 Å². The number of hydrogen-bond donors (Lipinski definition) is 1. The van der Waals surface area contributed by atoms with Gasteiger partial charge in [0.25, 0.3) is 15.9 Å². The van der Waals surface area contributed by atoms with Crippen LogP contribution in [0, 0.1) is 0 Å². The number of fused-ring (bicyclic) bond motifs is 1. The van der Waals surface area contributed by atoms with Crippen molar-refractivity contribution in [2.24, 2.45) is 0 Å². The van der Waals surface area contributed by atoms with Gasteiger partial charge in [0.1, 0.15) is 6.10 Å². The zero-order valence-corrected chi connectivity index (χ0v) is 14.6. The molecule has 1 aromatic rings. The van der Waals surface area contributed by atoms with Crippen LogP contribution in [0.15, 0.2) is 23.1 Å². The summed E-state index contributed by atoms with van der Waals surface area (Å²) in [7, 11) is -3.87. The van der Waals surface area contributed by atoms with E-state index in [0.29, 0.717) is 13.2 Å². The van der Waals surface area contributed by atoms with E-state index in [1.165, 1.54) is 5.56 Å². The predicted molar refractivity (Wildman–Crippen MR) is 88.2 cm³/mol. The van der Waals surface area contributed by atoms with Gasteiger partial charge >= 0.3 is 0 Å². The van der Waals surface area contributed by atoms with Crippen LogP contribution >= 0.6 is 0 Å². The minimum Gasteiger partial charge on any atom is -0.376 e. The fourth-order valence-corrected chi connectivity index (χ4v) is 4.19. The molecule has 7 heteroatoms. The van der Waals surface area contributed by atoms with E-state index >= 15 is 0 Å². The number of carbonyl (C=O) groups excluding carboxylic acids is 1. The number of sulfonamides is 1. The second-order valence-corrected chi connectivity index (χ2v) is 8.05. The molecule has 0 aromatic heterocycles. The van der Waals surface area contributed by atoms with Crippen LogP contribution in [-0.2, 0) is 37.1 Å². The summed E-state index contributed by atoms with van der Waals surface area (Å²) in [6, 6.07) is 5.05. The number of benzene rings is 1. The van der Waals surface area contributed by atoms with Gasteiger partial charge in [-0.15, -0.1) is 0 Å². The molecule has 2 atom stereocenters. The molecule has 6 nitrogen and oxygen atoms in total. The topological polar surface area (TPSA) is 81.7 Å². The highest BCUT2D eigenvalue weighted by molar-refractivity contribution is 7.90. The second-order valence-electron chi connectivity index (χ2n) is 6.36. The van der Waals surface area contributed by atoms with Crippen LogP contribution in [0.1, 0.15) is 37.3 Å². The van der Waals surface area contributed by atoms with Gasteiger partial charge in [-0.1, -0.05) is 6.07 Å². The maximum atomic E-state index is 12.4. The highest BCUT2D eigenvalue weighted by Gasteiger charge is 2.25. The van der Waals surface area contributed by atoms with E-state index in [0.717, 1.165) is 37.7 Å². The smallest absolute Gasteiger partial charge is 0.264 e. The second kappa shape index (κ2) is 7.21. The largest absolute Gasteiger partial charge is 0.376 e. The number of nitrogens with one attached hydrogen (secondary N) is 1. The Balaban J connectivity index is 1.59. The van der Waals surface area contributed by atoms with Gasteiger partial charge < -0.3 is 9.47 Å². The third kappa shape index (κ3) is 3.96. The van der Waals surface area contributed by atoms with Crippen LogP contribution in [0.3, 0.4) is 0 Å². The lowest BCUT2D eigenvalue weighted by Crippen LogP contribution is -2.39. The molecule has 1 saturated heterocycles. The van der Waals surface area contributed by atoms with Gasteiger partial charge in [0.05, 0.1) is 17.6 Å². The Labute approximate surface area is 142 Å². The summed E-state index contributed by atoms with van der Waals surface area (Å²) in [5.74, 6) is -0.659. The molecule has 0 saturated carbocycles. The van der Waals surface area contributed by atoms with Gasteiger partial charge in [0.2, 0.25) is 0 Å². The molecule has 0 bridgehead atoms. The normalized spacial score (nSPS) is 21.5. The molecule has 1 aromatic carbocycles. The molecular weight excluding hydrogens is 330 g/mol. The number of ether oxygens (including phenoxy) is 2. The molecule has 3 rings (SSSR count). The number of carbonyl (C=O) groups is 1. The summed E-state index contributed by atoms with van der Waals surface area (Å²) in [5, 5.41) is 0. The van der Waals surface area contributed by atoms with Crippen LogP contribution in [0.2, 0.25) is 0 Å². The molecular formula is C17H23NO5S. The average molecular weight is 353 g/mol. The van der Waals surface area contributed by atoms with Gasteiger partial charge in [0, 0.05) is 6.61 Å². The molecule has 2 aliphatic rings. The number of hydrogen-bond acceptors (Lipinski definition) is 5. The van der Waals surface area contributed by atoms with Gasteiger partial charge in [-0.25, -0.2) is 13.1 Å². The van der Waals surface area contributed by atoms with Crippen molar-refractivity contribution < 1.29 is 22.7 Å². The van der Waals surface area contributed by atoms with Crippen LogP contribution in [0.4, 0.5) is 0 Å². The van der Waals surface area contributed by atoms with E-state index in [2.05, 4.69) is 4.72 Å². The lowest BCUT2D eigenvalue weighted by Gasteiger charge is -2.16. The van der Waals surface area contributed by atoms with E-state index in [1.54, 1.807) is 19.1 Å². The highest BCUT2D eigenvalue weighted by Crippen LogP contribution is 2.24. The Morgan fingerprint density at radius 2 is 2.12 bits per heavy atom. The van der Waals surface area contributed by atoms with Crippen molar-refractivity contribution in [2.75, 3.05) is 13.2 Å². The molecule has 24 heavy (non-hydrogen) atoms. The third-order valence-electron chi connectivity index (χ3n) is 4.54. The van der Waals surface area contributed by atoms with Crippen LogP contribution < -0.4 is 4.72 Å². The van der Waals surface area contributed by atoms with Crippen molar-refractivity contribution >= 4 is 15.9 Å². The highest BCUT2D eigenvalue weighted by atomic mass is 32.2. The molecule has 1 amide bonds. The number of rotatable bonds is 6. The molecule has 0 unspecified atom stereocenters. The number of amides is 1. The maximum absolute atomic E-state index is 12.4. The fraction of sp³-hybridized carbons (Fsp3) is 0.588. The molecule has 1 aliphatic heterocycles. The van der Waals surface area contributed by atoms with Crippen molar-refractivity contribution in [1.82, 2.24) is 4.72 Å². The summed E-state index contributed by atoms with van der Waals surface area (Å²) < 4.78 is 37.8. The first-order valence-corrected chi connectivity index (χ1v) is 9.86. The molecule has 1 heterocycles. The van der Waals surface area contributed by atoms with Crippen molar-refractivity contribution in [3.63, 3.8) is 0 Å².